The van der Waals surface area contributed by atoms with Crippen molar-refractivity contribution in [2.24, 2.45) is 0 Å². The number of carboxylic acids is 1. The van der Waals surface area contributed by atoms with Gasteiger partial charge in [0.1, 0.15) is 6.54 Å². The maximum absolute atomic E-state index is 12.2. The highest BCUT2D eigenvalue weighted by molar-refractivity contribution is 5.97. The lowest BCUT2D eigenvalue weighted by atomic mass is 10.1. The lowest BCUT2D eigenvalue weighted by Crippen LogP contribution is -2.36. The van der Waals surface area contributed by atoms with Gasteiger partial charge in [-0.2, -0.15) is 0 Å². The van der Waals surface area contributed by atoms with Crippen LogP contribution in [0, 0.1) is 12.3 Å². The van der Waals surface area contributed by atoms with E-state index in [1.54, 1.807) is 12.1 Å². The predicted molar refractivity (Wildman–Crippen MR) is 71.0 cm³/mol. The van der Waals surface area contributed by atoms with E-state index in [4.69, 9.17) is 11.5 Å². The Labute approximate surface area is 111 Å². The minimum Gasteiger partial charge on any atom is -0.480 e. The molecule has 0 radical (unpaired) electrons. The molecule has 0 saturated carbocycles. The fourth-order valence-corrected chi connectivity index (χ4v) is 2.08. The summed E-state index contributed by atoms with van der Waals surface area (Å²) in [5.41, 5.74) is 2.55. The van der Waals surface area contributed by atoms with E-state index in [2.05, 4.69) is 11.2 Å². The lowest BCUT2D eigenvalue weighted by Gasteiger charge is -2.18. The van der Waals surface area contributed by atoms with Crippen LogP contribution in [0.15, 0.2) is 18.2 Å². The molecule has 2 N–H and O–H groups in total. The minimum absolute atomic E-state index is 0.0182. The average Bonchev–Trinajstić information content (AvgIpc) is 2.84. The van der Waals surface area contributed by atoms with Gasteiger partial charge in [-0.15, -0.1) is 6.42 Å². The molecule has 0 spiro atoms. The molecule has 19 heavy (non-hydrogen) atoms. The summed E-state index contributed by atoms with van der Waals surface area (Å²) in [6, 6.07) is 5.34. The second-order valence-corrected chi connectivity index (χ2v) is 4.31. The van der Waals surface area contributed by atoms with Crippen molar-refractivity contribution in [3.8, 4) is 12.3 Å². The van der Waals surface area contributed by atoms with Gasteiger partial charge in [-0.05, 0) is 24.1 Å². The molecule has 0 saturated heterocycles. The van der Waals surface area contributed by atoms with Crippen LogP contribution < -0.4 is 5.32 Å². The van der Waals surface area contributed by atoms with Crippen LogP contribution in [0.1, 0.15) is 15.9 Å². The largest absolute Gasteiger partial charge is 0.480 e. The Morgan fingerprint density at radius 3 is 2.95 bits per heavy atom. The number of carboxylic acid groups (broad SMARTS) is 1. The Balaban J connectivity index is 2.21. The minimum atomic E-state index is -1.08. The Bertz CT molecular complexity index is 560. The molecular weight excluding hydrogens is 244 g/mol. The standard InChI is InChI=1S/C14H14N2O3/c1-2-7-16(9-13(17)18)14(19)11-4-3-10-5-6-15-12(10)8-11/h1,3-4,8,15H,5-7,9H2,(H,17,18). The fraction of sp³-hybridized carbons (Fsp3) is 0.286. The summed E-state index contributed by atoms with van der Waals surface area (Å²) in [6.07, 6.45) is 6.10. The molecule has 0 aromatic heterocycles. The average molecular weight is 258 g/mol. The first-order chi connectivity index (χ1) is 9.11. The van der Waals surface area contributed by atoms with Crippen molar-refractivity contribution in [2.75, 3.05) is 25.0 Å². The molecule has 5 nitrogen and oxygen atoms in total. The van der Waals surface area contributed by atoms with E-state index in [-0.39, 0.29) is 12.5 Å². The quantitative estimate of drug-likeness (QED) is 0.784. The third kappa shape index (κ3) is 2.86. The topological polar surface area (TPSA) is 69.6 Å². The SMILES string of the molecule is C#CCN(CC(=O)O)C(=O)c1ccc2c(c1)NCC2. The van der Waals surface area contributed by atoms with Crippen LogP contribution in [0.4, 0.5) is 5.69 Å². The highest BCUT2D eigenvalue weighted by atomic mass is 16.4. The van der Waals surface area contributed by atoms with Crippen molar-refractivity contribution in [2.45, 2.75) is 6.42 Å². The van der Waals surface area contributed by atoms with Crippen LogP contribution in [0.25, 0.3) is 0 Å². The molecule has 1 aliphatic rings. The van der Waals surface area contributed by atoms with Gasteiger partial charge in [0.2, 0.25) is 0 Å². The molecule has 0 bridgehead atoms. The number of carbonyl (C=O) groups is 2. The molecule has 0 unspecified atom stereocenters. The monoisotopic (exact) mass is 258 g/mol. The summed E-state index contributed by atoms with van der Waals surface area (Å²) >= 11 is 0. The molecule has 0 atom stereocenters. The van der Waals surface area contributed by atoms with Crippen molar-refractivity contribution < 1.29 is 14.7 Å². The molecule has 98 valence electrons. The number of anilines is 1. The van der Waals surface area contributed by atoms with E-state index in [1.807, 2.05) is 6.07 Å². The number of carbonyl (C=O) groups excluding carboxylic acids is 1. The van der Waals surface area contributed by atoms with Gasteiger partial charge in [0, 0.05) is 17.8 Å². The van der Waals surface area contributed by atoms with Crippen molar-refractivity contribution in [1.82, 2.24) is 4.90 Å². The molecule has 1 aromatic carbocycles. The normalized spacial score (nSPS) is 12.2. The maximum Gasteiger partial charge on any atom is 0.323 e. The van der Waals surface area contributed by atoms with Gasteiger partial charge >= 0.3 is 5.97 Å². The van der Waals surface area contributed by atoms with Gasteiger partial charge in [-0.3, -0.25) is 9.59 Å². The van der Waals surface area contributed by atoms with E-state index in [0.717, 1.165) is 23.6 Å². The highest BCUT2D eigenvalue weighted by Crippen LogP contribution is 2.23. The third-order valence-electron chi connectivity index (χ3n) is 2.96. The summed E-state index contributed by atoms with van der Waals surface area (Å²) in [7, 11) is 0. The fourth-order valence-electron chi connectivity index (χ4n) is 2.08. The first kappa shape index (κ1) is 13.0. The number of hydrogen-bond donors (Lipinski definition) is 2. The Kier molecular flexibility index (Phi) is 3.71. The van der Waals surface area contributed by atoms with E-state index in [1.165, 1.54) is 5.56 Å². The molecule has 0 fully saturated rings. The number of benzene rings is 1. The Morgan fingerprint density at radius 2 is 2.26 bits per heavy atom. The van der Waals surface area contributed by atoms with Crippen molar-refractivity contribution in [3.05, 3.63) is 29.3 Å². The second-order valence-electron chi connectivity index (χ2n) is 4.31. The van der Waals surface area contributed by atoms with Crippen LogP contribution in [-0.4, -0.2) is 41.5 Å². The van der Waals surface area contributed by atoms with Crippen LogP contribution in [0.3, 0.4) is 0 Å². The van der Waals surface area contributed by atoms with Gasteiger partial charge in [0.05, 0.1) is 6.54 Å². The van der Waals surface area contributed by atoms with Crippen LogP contribution in [-0.2, 0) is 11.2 Å². The highest BCUT2D eigenvalue weighted by Gasteiger charge is 2.19. The van der Waals surface area contributed by atoms with E-state index in [0.29, 0.717) is 5.56 Å². The van der Waals surface area contributed by atoms with Crippen molar-refractivity contribution in [1.29, 1.82) is 0 Å². The second kappa shape index (κ2) is 5.44. The number of nitrogens with zero attached hydrogens (tertiary/aromatic N) is 1. The number of hydrogen-bond acceptors (Lipinski definition) is 3. The van der Waals surface area contributed by atoms with Gasteiger partial charge in [0.15, 0.2) is 0 Å². The van der Waals surface area contributed by atoms with Crippen LogP contribution in [0.5, 0.6) is 0 Å². The Hall–Kier alpha value is -2.48. The number of nitrogens with one attached hydrogen (secondary N) is 1. The summed E-state index contributed by atoms with van der Waals surface area (Å²) in [5.74, 6) is 0.858. The van der Waals surface area contributed by atoms with E-state index >= 15 is 0 Å². The zero-order chi connectivity index (χ0) is 13.8. The molecule has 1 aromatic rings. The molecule has 1 amide bonds. The molecule has 0 aliphatic carbocycles. The molecule has 5 heteroatoms. The predicted octanol–water partition coefficient (Wildman–Crippen LogP) is 0.815. The molecule has 1 heterocycles. The lowest BCUT2D eigenvalue weighted by molar-refractivity contribution is -0.137. The summed E-state index contributed by atoms with van der Waals surface area (Å²) in [4.78, 5) is 24.1. The number of fused-ring (bicyclic) bond motifs is 1. The third-order valence-corrected chi connectivity index (χ3v) is 2.96. The smallest absolute Gasteiger partial charge is 0.323 e. The number of aliphatic carboxylic acids is 1. The van der Waals surface area contributed by atoms with E-state index < -0.39 is 12.5 Å². The molecule has 1 aliphatic heterocycles. The zero-order valence-electron chi connectivity index (χ0n) is 10.3. The van der Waals surface area contributed by atoms with E-state index in [9.17, 15) is 9.59 Å². The maximum atomic E-state index is 12.2. The van der Waals surface area contributed by atoms with Gasteiger partial charge in [-0.25, -0.2) is 0 Å². The van der Waals surface area contributed by atoms with Crippen LogP contribution in [0.2, 0.25) is 0 Å². The number of rotatable bonds is 4. The zero-order valence-corrected chi connectivity index (χ0v) is 10.3. The first-order valence-electron chi connectivity index (χ1n) is 5.93. The molecular formula is C14H14N2O3. The van der Waals surface area contributed by atoms with Gasteiger partial charge in [-0.1, -0.05) is 12.0 Å². The summed E-state index contributed by atoms with van der Waals surface area (Å²) in [5, 5.41) is 12.0. The first-order valence-corrected chi connectivity index (χ1v) is 5.93. The van der Waals surface area contributed by atoms with Crippen molar-refractivity contribution in [3.63, 3.8) is 0 Å². The molecule has 2 rings (SSSR count). The summed E-state index contributed by atoms with van der Waals surface area (Å²) in [6.45, 7) is 0.444. The number of amides is 1. The van der Waals surface area contributed by atoms with Gasteiger partial charge in [0.25, 0.3) is 5.91 Å². The van der Waals surface area contributed by atoms with Crippen LogP contribution >= 0.6 is 0 Å². The number of terminal acetylenes is 1. The Morgan fingerprint density at radius 1 is 1.47 bits per heavy atom. The van der Waals surface area contributed by atoms with Crippen molar-refractivity contribution >= 4 is 17.6 Å². The van der Waals surface area contributed by atoms with Gasteiger partial charge < -0.3 is 15.3 Å². The summed E-state index contributed by atoms with van der Waals surface area (Å²) < 4.78 is 0.